The molecular formula is C20H29N5O. The molecule has 0 aliphatic carbocycles. The van der Waals surface area contributed by atoms with E-state index in [9.17, 15) is 4.79 Å². The minimum absolute atomic E-state index is 0.0336. The average Bonchev–Trinajstić information content (AvgIpc) is 3.00. The second kappa shape index (κ2) is 9.08. The van der Waals surface area contributed by atoms with Crippen molar-refractivity contribution in [2.24, 2.45) is 4.99 Å². The number of aromatic nitrogens is 1. The molecule has 0 fully saturated rings. The molecule has 26 heavy (non-hydrogen) atoms. The predicted molar refractivity (Wildman–Crippen MR) is 109 cm³/mol. The van der Waals surface area contributed by atoms with Crippen molar-refractivity contribution in [1.82, 2.24) is 20.5 Å². The van der Waals surface area contributed by atoms with Gasteiger partial charge in [0.2, 0.25) is 5.91 Å². The van der Waals surface area contributed by atoms with Gasteiger partial charge in [0.25, 0.3) is 0 Å². The van der Waals surface area contributed by atoms with Gasteiger partial charge in [0.05, 0.1) is 0 Å². The summed E-state index contributed by atoms with van der Waals surface area (Å²) in [6.45, 7) is 9.42. The number of amides is 1. The summed E-state index contributed by atoms with van der Waals surface area (Å²) < 4.78 is 0. The lowest BCUT2D eigenvalue weighted by Gasteiger charge is -2.14. The number of benzene rings is 1. The zero-order chi connectivity index (χ0) is 19.1. The number of guanidine groups is 1. The lowest BCUT2D eigenvalue weighted by Crippen LogP contribution is -2.40. The van der Waals surface area contributed by atoms with Crippen LogP contribution in [0.5, 0.6) is 0 Å². The number of nitrogens with zero attached hydrogens (tertiary/aromatic N) is 2. The van der Waals surface area contributed by atoms with Gasteiger partial charge in [0.15, 0.2) is 5.96 Å². The molecule has 1 aromatic heterocycles. The third kappa shape index (κ3) is 5.37. The molecule has 0 spiro atoms. The zero-order valence-electron chi connectivity index (χ0n) is 16.1. The van der Waals surface area contributed by atoms with E-state index in [1.807, 2.05) is 6.92 Å². The first-order valence-corrected chi connectivity index (χ1v) is 8.80. The van der Waals surface area contributed by atoms with Gasteiger partial charge in [-0.2, -0.15) is 0 Å². The first-order chi connectivity index (χ1) is 12.4. The zero-order valence-corrected chi connectivity index (χ0v) is 16.1. The fraction of sp³-hybridized carbons (Fsp3) is 0.400. The van der Waals surface area contributed by atoms with Gasteiger partial charge in [-0.1, -0.05) is 24.3 Å². The molecule has 0 atom stereocenters. The van der Waals surface area contributed by atoms with Crippen LogP contribution in [0.2, 0.25) is 0 Å². The molecule has 0 aliphatic heterocycles. The Hall–Kier alpha value is -2.76. The Morgan fingerprint density at radius 1 is 1.31 bits per heavy atom. The normalized spacial score (nSPS) is 11.5. The van der Waals surface area contributed by atoms with Crippen LogP contribution in [0.3, 0.4) is 0 Å². The van der Waals surface area contributed by atoms with Crippen LogP contribution in [-0.4, -0.2) is 55.5 Å². The van der Waals surface area contributed by atoms with E-state index in [2.05, 4.69) is 58.5 Å². The van der Waals surface area contributed by atoms with Gasteiger partial charge in [-0.25, -0.2) is 4.99 Å². The minimum atomic E-state index is -0.0336. The van der Waals surface area contributed by atoms with Crippen molar-refractivity contribution in [2.75, 3.05) is 33.7 Å². The van der Waals surface area contributed by atoms with E-state index in [0.29, 0.717) is 12.5 Å². The first kappa shape index (κ1) is 19.6. The van der Waals surface area contributed by atoms with Crippen LogP contribution in [0.25, 0.3) is 10.9 Å². The Labute approximate surface area is 155 Å². The molecule has 0 bridgehead atoms. The van der Waals surface area contributed by atoms with Crippen LogP contribution in [-0.2, 0) is 11.2 Å². The fourth-order valence-electron chi connectivity index (χ4n) is 2.66. The molecule has 3 N–H and O–H groups in total. The Morgan fingerprint density at radius 3 is 2.77 bits per heavy atom. The van der Waals surface area contributed by atoms with Crippen molar-refractivity contribution >= 4 is 22.8 Å². The number of carbonyl (C=O) groups excluding carboxylic acids is 1. The van der Waals surface area contributed by atoms with Crippen molar-refractivity contribution in [3.63, 3.8) is 0 Å². The third-order valence-corrected chi connectivity index (χ3v) is 4.11. The number of aromatic amines is 1. The van der Waals surface area contributed by atoms with E-state index in [-0.39, 0.29) is 12.5 Å². The molecule has 2 rings (SSSR count). The van der Waals surface area contributed by atoms with E-state index in [0.717, 1.165) is 24.1 Å². The Morgan fingerprint density at radius 2 is 2.08 bits per heavy atom. The summed E-state index contributed by atoms with van der Waals surface area (Å²) in [5.41, 5.74) is 4.70. The molecule has 0 aliphatic rings. The van der Waals surface area contributed by atoms with Crippen LogP contribution < -0.4 is 10.6 Å². The quantitative estimate of drug-likeness (QED) is 0.405. The molecule has 1 heterocycles. The standard InChI is InChI=1S/C20H29N5O/c1-14(2)11-23-20(24-13-18(26)25(4)5)21-10-9-16-12-22-17-8-6-7-15(3)19(16)17/h6-8,12,22H,1,9-11,13H2,2-5H3,(H2,21,23,24). The van der Waals surface area contributed by atoms with Crippen molar-refractivity contribution in [1.29, 1.82) is 0 Å². The number of carbonyl (C=O) groups is 1. The maximum absolute atomic E-state index is 11.8. The fourth-order valence-corrected chi connectivity index (χ4v) is 2.66. The van der Waals surface area contributed by atoms with Crippen molar-refractivity contribution in [3.05, 3.63) is 47.7 Å². The summed E-state index contributed by atoms with van der Waals surface area (Å²) in [4.78, 5) is 21.0. The van der Waals surface area contributed by atoms with E-state index >= 15 is 0 Å². The van der Waals surface area contributed by atoms with Crippen LogP contribution in [0.4, 0.5) is 0 Å². The first-order valence-electron chi connectivity index (χ1n) is 8.80. The second-order valence-corrected chi connectivity index (χ2v) is 6.75. The maximum atomic E-state index is 11.8. The highest BCUT2D eigenvalue weighted by Crippen LogP contribution is 2.22. The van der Waals surface area contributed by atoms with Gasteiger partial charge >= 0.3 is 0 Å². The summed E-state index contributed by atoms with van der Waals surface area (Å²) in [5.74, 6) is 0.591. The number of H-pyrrole nitrogens is 1. The van der Waals surface area contributed by atoms with Gasteiger partial charge in [-0.15, -0.1) is 0 Å². The Bertz CT molecular complexity index is 804. The number of rotatable bonds is 7. The smallest absolute Gasteiger partial charge is 0.243 e. The molecule has 0 saturated heterocycles. The van der Waals surface area contributed by atoms with Gasteiger partial charge in [-0.3, -0.25) is 4.79 Å². The Balaban J connectivity index is 2.00. The summed E-state index contributed by atoms with van der Waals surface area (Å²) in [6.07, 6.45) is 2.92. The third-order valence-electron chi connectivity index (χ3n) is 4.11. The van der Waals surface area contributed by atoms with Gasteiger partial charge < -0.3 is 20.5 Å². The monoisotopic (exact) mass is 355 g/mol. The SMILES string of the molecule is C=C(C)CNC(=NCC(=O)N(C)C)NCCc1c[nH]c2cccc(C)c12. The molecular weight excluding hydrogens is 326 g/mol. The molecule has 140 valence electrons. The van der Waals surface area contributed by atoms with E-state index in [1.54, 1.807) is 14.1 Å². The van der Waals surface area contributed by atoms with E-state index in [4.69, 9.17) is 0 Å². The number of hydrogen-bond acceptors (Lipinski definition) is 2. The number of nitrogens with one attached hydrogen (secondary N) is 3. The molecule has 0 saturated carbocycles. The van der Waals surface area contributed by atoms with E-state index < -0.39 is 0 Å². The van der Waals surface area contributed by atoms with Crippen LogP contribution in [0.1, 0.15) is 18.1 Å². The van der Waals surface area contributed by atoms with Crippen LogP contribution in [0.15, 0.2) is 41.5 Å². The Kier molecular flexibility index (Phi) is 6.83. The molecule has 0 radical (unpaired) electrons. The highest BCUT2D eigenvalue weighted by molar-refractivity contribution is 5.87. The summed E-state index contributed by atoms with van der Waals surface area (Å²) in [6, 6.07) is 6.28. The summed E-state index contributed by atoms with van der Waals surface area (Å²) in [7, 11) is 3.46. The molecule has 6 nitrogen and oxygen atoms in total. The average molecular weight is 355 g/mol. The van der Waals surface area contributed by atoms with Crippen molar-refractivity contribution in [3.8, 4) is 0 Å². The van der Waals surface area contributed by atoms with Gasteiger partial charge in [0, 0.05) is 44.3 Å². The summed E-state index contributed by atoms with van der Waals surface area (Å²) in [5, 5.41) is 7.79. The van der Waals surface area contributed by atoms with E-state index in [1.165, 1.54) is 21.4 Å². The topological polar surface area (TPSA) is 72.5 Å². The van der Waals surface area contributed by atoms with Crippen LogP contribution >= 0.6 is 0 Å². The van der Waals surface area contributed by atoms with Crippen molar-refractivity contribution < 1.29 is 4.79 Å². The molecule has 2 aromatic rings. The highest BCUT2D eigenvalue weighted by atomic mass is 16.2. The largest absolute Gasteiger partial charge is 0.361 e. The number of fused-ring (bicyclic) bond motifs is 1. The summed E-state index contributed by atoms with van der Waals surface area (Å²) >= 11 is 0. The van der Waals surface area contributed by atoms with Gasteiger partial charge in [0.1, 0.15) is 6.54 Å². The number of likely N-dealkylation sites (N-methyl/N-ethyl adjacent to an activating group) is 1. The van der Waals surface area contributed by atoms with Crippen LogP contribution in [0, 0.1) is 6.92 Å². The lowest BCUT2D eigenvalue weighted by molar-refractivity contribution is -0.127. The van der Waals surface area contributed by atoms with Crippen molar-refractivity contribution in [2.45, 2.75) is 20.3 Å². The highest BCUT2D eigenvalue weighted by Gasteiger charge is 2.07. The molecule has 0 unspecified atom stereocenters. The molecule has 1 aromatic carbocycles. The molecule has 1 amide bonds. The lowest BCUT2D eigenvalue weighted by atomic mass is 10.1. The number of aryl methyl sites for hydroxylation is 1. The number of hydrogen-bond donors (Lipinski definition) is 3. The second-order valence-electron chi connectivity index (χ2n) is 6.75. The maximum Gasteiger partial charge on any atom is 0.243 e. The van der Waals surface area contributed by atoms with Gasteiger partial charge in [-0.05, 0) is 37.5 Å². The molecule has 6 heteroatoms. The number of aliphatic imine (C=N–C) groups is 1. The minimum Gasteiger partial charge on any atom is -0.361 e. The predicted octanol–water partition coefficient (Wildman–Crippen LogP) is 2.22.